The molecule has 0 heterocycles. The Kier molecular flexibility index (Phi) is 2.05. The zero-order valence-corrected chi connectivity index (χ0v) is 7.70. The van der Waals surface area contributed by atoms with Gasteiger partial charge in [-0.05, 0) is 18.4 Å². The summed E-state index contributed by atoms with van der Waals surface area (Å²) in [6.45, 7) is 2.13. The summed E-state index contributed by atoms with van der Waals surface area (Å²) in [5.74, 6) is 0.405. The standard InChI is InChI=1S/C11H13NO/c1-2-8-7-9-5-3-4-6-10(9)11(8)12-13/h3-6,8,13H,2,7H2,1H3/b12-11-. The fraction of sp³-hybridized carbons (Fsp3) is 0.364. The molecule has 68 valence electrons. The smallest absolute Gasteiger partial charge is 0.0904 e. The molecular weight excluding hydrogens is 162 g/mol. The normalized spacial score (nSPS) is 23.5. The molecule has 0 fully saturated rings. The highest BCUT2D eigenvalue weighted by Gasteiger charge is 2.26. The lowest BCUT2D eigenvalue weighted by Crippen LogP contribution is -2.08. The zero-order chi connectivity index (χ0) is 9.26. The quantitative estimate of drug-likeness (QED) is 0.516. The summed E-state index contributed by atoms with van der Waals surface area (Å²) in [6.07, 6.45) is 2.06. The third-order valence-electron chi connectivity index (χ3n) is 2.75. The summed E-state index contributed by atoms with van der Waals surface area (Å²) in [5, 5.41) is 12.3. The number of fused-ring (bicyclic) bond motifs is 1. The van der Waals surface area contributed by atoms with Gasteiger partial charge in [-0.15, -0.1) is 0 Å². The first-order valence-electron chi connectivity index (χ1n) is 4.67. The van der Waals surface area contributed by atoms with Crippen LogP contribution >= 0.6 is 0 Å². The van der Waals surface area contributed by atoms with Gasteiger partial charge in [-0.3, -0.25) is 0 Å². The maximum atomic E-state index is 8.90. The van der Waals surface area contributed by atoms with E-state index in [2.05, 4.69) is 18.1 Å². The predicted molar refractivity (Wildman–Crippen MR) is 52.3 cm³/mol. The third-order valence-corrected chi connectivity index (χ3v) is 2.75. The van der Waals surface area contributed by atoms with Crippen LogP contribution in [0.3, 0.4) is 0 Å². The molecule has 2 heteroatoms. The Morgan fingerprint density at radius 2 is 2.23 bits per heavy atom. The van der Waals surface area contributed by atoms with Crippen LogP contribution in [0.15, 0.2) is 29.4 Å². The molecule has 1 aromatic carbocycles. The maximum Gasteiger partial charge on any atom is 0.0904 e. The molecule has 0 bridgehead atoms. The van der Waals surface area contributed by atoms with Crippen molar-refractivity contribution in [3.63, 3.8) is 0 Å². The molecule has 0 spiro atoms. The summed E-state index contributed by atoms with van der Waals surface area (Å²) in [6, 6.07) is 8.16. The van der Waals surface area contributed by atoms with E-state index in [0.29, 0.717) is 5.92 Å². The first-order valence-corrected chi connectivity index (χ1v) is 4.67. The SMILES string of the molecule is CCC1Cc2ccccc2/C1=N\O. The van der Waals surface area contributed by atoms with Gasteiger partial charge in [0, 0.05) is 11.5 Å². The van der Waals surface area contributed by atoms with Gasteiger partial charge in [0.15, 0.2) is 0 Å². The third kappa shape index (κ3) is 1.22. The van der Waals surface area contributed by atoms with Gasteiger partial charge in [-0.2, -0.15) is 0 Å². The van der Waals surface area contributed by atoms with Crippen molar-refractivity contribution < 1.29 is 5.21 Å². The molecule has 1 unspecified atom stereocenters. The Labute approximate surface area is 77.9 Å². The van der Waals surface area contributed by atoms with Crippen molar-refractivity contribution in [1.82, 2.24) is 0 Å². The summed E-state index contributed by atoms with van der Waals surface area (Å²) in [4.78, 5) is 0. The molecule has 1 N–H and O–H groups in total. The fourth-order valence-electron chi connectivity index (χ4n) is 2.00. The van der Waals surface area contributed by atoms with Gasteiger partial charge in [-0.1, -0.05) is 36.3 Å². The van der Waals surface area contributed by atoms with Crippen LogP contribution in [-0.4, -0.2) is 10.9 Å². The van der Waals surface area contributed by atoms with Crippen LogP contribution in [0.25, 0.3) is 0 Å². The highest BCUT2D eigenvalue weighted by molar-refractivity contribution is 6.05. The predicted octanol–water partition coefficient (Wildman–Crippen LogP) is 2.45. The maximum absolute atomic E-state index is 8.90. The summed E-state index contributed by atoms with van der Waals surface area (Å²) in [7, 11) is 0. The van der Waals surface area contributed by atoms with Crippen molar-refractivity contribution in [3.05, 3.63) is 35.4 Å². The number of benzene rings is 1. The molecule has 0 saturated carbocycles. The van der Waals surface area contributed by atoms with Crippen LogP contribution in [0.1, 0.15) is 24.5 Å². The number of rotatable bonds is 1. The minimum atomic E-state index is 0.405. The monoisotopic (exact) mass is 175 g/mol. The molecule has 1 aliphatic rings. The van der Waals surface area contributed by atoms with Crippen LogP contribution in [0.5, 0.6) is 0 Å². The van der Waals surface area contributed by atoms with Gasteiger partial charge in [-0.25, -0.2) is 0 Å². The second kappa shape index (κ2) is 3.21. The molecule has 0 saturated heterocycles. The second-order valence-corrected chi connectivity index (χ2v) is 3.45. The lowest BCUT2D eigenvalue weighted by Gasteiger charge is -2.04. The van der Waals surface area contributed by atoms with Crippen LogP contribution in [0.2, 0.25) is 0 Å². The molecule has 2 rings (SSSR count). The first-order chi connectivity index (χ1) is 6.36. The topological polar surface area (TPSA) is 32.6 Å². The molecule has 2 nitrogen and oxygen atoms in total. The summed E-state index contributed by atoms with van der Waals surface area (Å²) >= 11 is 0. The number of oxime groups is 1. The van der Waals surface area contributed by atoms with E-state index in [0.717, 1.165) is 24.1 Å². The Morgan fingerprint density at radius 1 is 1.46 bits per heavy atom. The Hall–Kier alpha value is -1.31. The summed E-state index contributed by atoms with van der Waals surface area (Å²) < 4.78 is 0. The number of nitrogens with zero attached hydrogens (tertiary/aromatic N) is 1. The van der Waals surface area contributed by atoms with E-state index in [-0.39, 0.29) is 0 Å². The van der Waals surface area contributed by atoms with Crippen molar-refractivity contribution in [2.24, 2.45) is 11.1 Å². The molecular formula is C11H13NO. The number of hydrogen-bond acceptors (Lipinski definition) is 2. The van der Waals surface area contributed by atoms with Gasteiger partial charge in [0.2, 0.25) is 0 Å². The molecule has 0 radical (unpaired) electrons. The van der Waals surface area contributed by atoms with Gasteiger partial charge in [0.25, 0.3) is 0 Å². The van der Waals surface area contributed by atoms with Crippen molar-refractivity contribution >= 4 is 5.71 Å². The summed E-state index contributed by atoms with van der Waals surface area (Å²) in [5.41, 5.74) is 3.29. The highest BCUT2D eigenvalue weighted by Crippen LogP contribution is 2.28. The van der Waals surface area contributed by atoms with E-state index in [1.165, 1.54) is 5.56 Å². The largest absolute Gasteiger partial charge is 0.411 e. The van der Waals surface area contributed by atoms with E-state index < -0.39 is 0 Å². The minimum absolute atomic E-state index is 0.405. The van der Waals surface area contributed by atoms with Crippen molar-refractivity contribution in [1.29, 1.82) is 0 Å². The van der Waals surface area contributed by atoms with Gasteiger partial charge in [0.05, 0.1) is 5.71 Å². The van der Waals surface area contributed by atoms with Crippen molar-refractivity contribution in [2.75, 3.05) is 0 Å². The highest BCUT2D eigenvalue weighted by atomic mass is 16.4. The Bertz CT molecular complexity index is 344. The van der Waals surface area contributed by atoms with E-state index in [1.807, 2.05) is 18.2 Å². The minimum Gasteiger partial charge on any atom is -0.411 e. The first kappa shape index (κ1) is 8.30. The number of hydrogen-bond donors (Lipinski definition) is 1. The average Bonchev–Trinajstić information content (AvgIpc) is 2.55. The van der Waals surface area contributed by atoms with Gasteiger partial charge >= 0.3 is 0 Å². The molecule has 1 aromatic rings. The van der Waals surface area contributed by atoms with Gasteiger partial charge in [0.1, 0.15) is 0 Å². The molecule has 1 atom stereocenters. The Balaban J connectivity index is 2.46. The zero-order valence-electron chi connectivity index (χ0n) is 7.70. The molecule has 1 aliphatic carbocycles. The second-order valence-electron chi connectivity index (χ2n) is 3.45. The molecule has 13 heavy (non-hydrogen) atoms. The molecule has 0 amide bonds. The molecule has 0 aliphatic heterocycles. The van der Waals surface area contributed by atoms with Crippen molar-refractivity contribution in [2.45, 2.75) is 19.8 Å². The van der Waals surface area contributed by atoms with E-state index in [4.69, 9.17) is 5.21 Å². The average molecular weight is 175 g/mol. The lowest BCUT2D eigenvalue weighted by molar-refractivity contribution is 0.315. The van der Waals surface area contributed by atoms with Crippen LogP contribution < -0.4 is 0 Å². The van der Waals surface area contributed by atoms with Gasteiger partial charge < -0.3 is 5.21 Å². The van der Waals surface area contributed by atoms with E-state index in [1.54, 1.807) is 0 Å². The van der Waals surface area contributed by atoms with Crippen molar-refractivity contribution in [3.8, 4) is 0 Å². The van der Waals surface area contributed by atoms with E-state index >= 15 is 0 Å². The molecule has 0 aromatic heterocycles. The van der Waals surface area contributed by atoms with Crippen LogP contribution in [0, 0.1) is 5.92 Å². The van der Waals surface area contributed by atoms with Crippen LogP contribution in [0.4, 0.5) is 0 Å². The fourth-order valence-corrected chi connectivity index (χ4v) is 2.00. The lowest BCUT2D eigenvalue weighted by atomic mass is 10.0. The Morgan fingerprint density at radius 3 is 2.92 bits per heavy atom. The van der Waals surface area contributed by atoms with E-state index in [9.17, 15) is 0 Å². The van der Waals surface area contributed by atoms with Crippen LogP contribution in [-0.2, 0) is 6.42 Å².